The molecule has 0 radical (unpaired) electrons. The first-order chi connectivity index (χ1) is 12.9. The van der Waals surface area contributed by atoms with Crippen LogP contribution in [-0.2, 0) is 11.2 Å². The number of benzene rings is 2. The summed E-state index contributed by atoms with van der Waals surface area (Å²) >= 11 is 0. The molecule has 0 atom stereocenters. The maximum atomic E-state index is 12.3. The fourth-order valence-electron chi connectivity index (χ4n) is 2.78. The summed E-state index contributed by atoms with van der Waals surface area (Å²) in [5.41, 5.74) is 8.83. The van der Waals surface area contributed by atoms with Crippen LogP contribution in [0.5, 0.6) is 5.75 Å². The van der Waals surface area contributed by atoms with Gasteiger partial charge in [0.2, 0.25) is 5.91 Å². The summed E-state index contributed by atoms with van der Waals surface area (Å²) in [7, 11) is 1.74. The number of para-hydroxylation sites is 1. The Morgan fingerprint density at radius 3 is 2.44 bits per heavy atom. The average Bonchev–Trinajstić information content (AvgIpc) is 2.60. The van der Waals surface area contributed by atoms with E-state index in [9.17, 15) is 9.59 Å². The van der Waals surface area contributed by atoms with Gasteiger partial charge in [-0.3, -0.25) is 4.79 Å². The van der Waals surface area contributed by atoms with E-state index in [1.165, 1.54) is 0 Å². The van der Waals surface area contributed by atoms with Gasteiger partial charge in [-0.2, -0.15) is 0 Å². The maximum absolute atomic E-state index is 12.3. The van der Waals surface area contributed by atoms with Crippen LogP contribution in [0.2, 0.25) is 0 Å². The number of anilines is 1. The molecule has 0 saturated heterocycles. The third kappa shape index (κ3) is 6.33. The third-order valence-corrected chi connectivity index (χ3v) is 4.20. The normalized spacial score (nSPS) is 10.3. The van der Waals surface area contributed by atoms with Crippen molar-refractivity contribution >= 4 is 17.6 Å². The van der Waals surface area contributed by atoms with Crippen molar-refractivity contribution in [3.05, 3.63) is 59.2 Å². The van der Waals surface area contributed by atoms with Gasteiger partial charge < -0.3 is 20.7 Å². The highest BCUT2D eigenvalue weighted by molar-refractivity contribution is 5.89. The molecule has 0 unspecified atom stereocenters. The second-order valence-electron chi connectivity index (χ2n) is 6.62. The van der Waals surface area contributed by atoms with Crippen LogP contribution in [0.15, 0.2) is 42.5 Å². The molecule has 2 rings (SSSR count). The predicted molar refractivity (Wildman–Crippen MR) is 107 cm³/mol. The van der Waals surface area contributed by atoms with Crippen LogP contribution in [0.1, 0.15) is 23.1 Å². The summed E-state index contributed by atoms with van der Waals surface area (Å²) in [6.45, 7) is 5.15. The van der Waals surface area contributed by atoms with Gasteiger partial charge >= 0.3 is 6.03 Å². The third-order valence-electron chi connectivity index (χ3n) is 4.20. The highest BCUT2D eigenvalue weighted by Crippen LogP contribution is 2.22. The number of hydrogen-bond acceptors (Lipinski definition) is 3. The summed E-state index contributed by atoms with van der Waals surface area (Å²) in [6, 6.07) is 13.0. The Bertz CT molecular complexity index is 785. The quantitative estimate of drug-likeness (QED) is 0.701. The number of ether oxygens (including phenoxy) is 1. The second kappa shape index (κ2) is 9.62. The van der Waals surface area contributed by atoms with Gasteiger partial charge in [-0.05, 0) is 49.1 Å². The molecule has 6 heteroatoms. The van der Waals surface area contributed by atoms with E-state index < -0.39 is 5.91 Å². The van der Waals surface area contributed by atoms with Crippen molar-refractivity contribution in [3.8, 4) is 5.75 Å². The Hall–Kier alpha value is -3.02. The summed E-state index contributed by atoms with van der Waals surface area (Å²) in [5, 5.41) is 2.83. The topological polar surface area (TPSA) is 84.7 Å². The zero-order chi connectivity index (χ0) is 19.8. The van der Waals surface area contributed by atoms with Gasteiger partial charge in [-0.1, -0.05) is 30.3 Å². The minimum atomic E-state index is -0.403. The van der Waals surface area contributed by atoms with Crippen molar-refractivity contribution in [2.45, 2.75) is 26.7 Å². The van der Waals surface area contributed by atoms with Crippen LogP contribution in [0.3, 0.4) is 0 Å². The summed E-state index contributed by atoms with van der Waals surface area (Å²) in [6.07, 6.45) is 0.870. The van der Waals surface area contributed by atoms with E-state index in [4.69, 9.17) is 10.5 Å². The Morgan fingerprint density at radius 2 is 1.78 bits per heavy atom. The standard InChI is InChI=1S/C21H27N3O3/c1-15-7-4-8-16(2)20(15)27-12-6-11-24(3)21(26)23-18-10-5-9-17(13-18)14-19(22)25/h4-5,7-10,13H,6,11-12,14H2,1-3H3,(H2,22,25)(H,23,26). The van der Waals surface area contributed by atoms with E-state index >= 15 is 0 Å². The SMILES string of the molecule is Cc1cccc(C)c1OCCCN(C)C(=O)Nc1cccc(CC(N)=O)c1. The fraction of sp³-hybridized carbons (Fsp3) is 0.333. The van der Waals surface area contributed by atoms with Crippen LogP contribution < -0.4 is 15.8 Å². The lowest BCUT2D eigenvalue weighted by molar-refractivity contribution is -0.117. The maximum Gasteiger partial charge on any atom is 0.321 e. The molecular weight excluding hydrogens is 342 g/mol. The number of rotatable bonds is 8. The highest BCUT2D eigenvalue weighted by atomic mass is 16.5. The molecule has 27 heavy (non-hydrogen) atoms. The average molecular weight is 369 g/mol. The van der Waals surface area contributed by atoms with Gasteiger partial charge in [-0.15, -0.1) is 0 Å². The molecule has 0 bridgehead atoms. The van der Waals surface area contributed by atoms with Crippen molar-refractivity contribution in [2.24, 2.45) is 5.73 Å². The Labute approximate surface area is 160 Å². The molecule has 0 aromatic heterocycles. The number of nitrogens with two attached hydrogens (primary N) is 1. The molecule has 2 aromatic carbocycles. The lowest BCUT2D eigenvalue weighted by Crippen LogP contribution is -2.32. The minimum Gasteiger partial charge on any atom is -0.493 e. The van der Waals surface area contributed by atoms with Gasteiger partial charge in [0, 0.05) is 19.3 Å². The number of carbonyl (C=O) groups is 2. The lowest BCUT2D eigenvalue weighted by atomic mass is 10.1. The highest BCUT2D eigenvalue weighted by Gasteiger charge is 2.10. The molecular formula is C21H27N3O3. The van der Waals surface area contributed by atoms with Crippen molar-refractivity contribution < 1.29 is 14.3 Å². The molecule has 6 nitrogen and oxygen atoms in total. The molecule has 0 aliphatic rings. The monoisotopic (exact) mass is 369 g/mol. The number of nitrogens with one attached hydrogen (secondary N) is 1. The predicted octanol–water partition coefficient (Wildman–Crippen LogP) is 3.26. The Balaban J connectivity index is 1.79. The first-order valence-electron chi connectivity index (χ1n) is 8.95. The van der Waals surface area contributed by atoms with Crippen LogP contribution in [0.25, 0.3) is 0 Å². The van der Waals surface area contributed by atoms with Crippen LogP contribution in [-0.4, -0.2) is 37.0 Å². The zero-order valence-electron chi connectivity index (χ0n) is 16.1. The molecule has 2 aromatic rings. The van der Waals surface area contributed by atoms with E-state index in [2.05, 4.69) is 5.32 Å². The smallest absolute Gasteiger partial charge is 0.321 e. The van der Waals surface area contributed by atoms with Crippen molar-refractivity contribution in [1.29, 1.82) is 0 Å². The number of aryl methyl sites for hydroxylation is 2. The summed E-state index contributed by atoms with van der Waals surface area (Å²) in [4.78, 5) is 24.9. The number of urea groups is 1. The van der Waals surface area contributed by atoms with E-state index in [1.807, 2.05) is 32.0 Å². The van der Waals surface area contributed by atoms with Gasteiger partial charge in [0.25, 0.3) is 0 Å². The van der Waals surface area contributed by atoms with E-state index in [0.717, 1.165) is 28.9 Å². The van der Waals surface area contributed by atoms with Crippen LogP contribution in [0, 0.1) is 13.8 Å². The number of amides is 3. The van der Waals surface area contributed by atoms with Gasteiger partial charge in [-0.25, -0.2) is 4.79 Å². The lowest BCUT2D eigenvalue weighted by Gasteiger charge is -2.19. The second-order valence-corrected chi connectivity index (χ2v) is 6.62. The molecule has 0 saturated carbocycles. The molecule has 3 N–H and O–H groups in total. The first kappa shape index (κ1) is 20.3. The van der Waals surface area contributed by atoms with Crippen molar-refractivity contribution in [3.63, 3.8) is 0 Å². The Morgan fingerprint density at radius 1 is 1.11 bits per heavy atom. The van der Waals surface area contributed by atoms with E-state index in [-0.39, 0.29) is 12.5 Å². The zero-order valence-corrected chi connectivity index (χ0v) is 16.1. The van der Waals surface area contributed by atoms with Gasteiger partial charge in [0.1, 0.15) is 5.75 Å². The number of nitrogens with zero attached hydrogens (tertiary/aromatic N) is 1. The molecule has 144 valence electrons. The van der Waals surface area contributed by atoms with E-state index in [1.54, 1.807) is 36.2 Å². The van der Waals surface area contributed by atoms with Gasteiger partial charge in [0.15, 0.2) is 0 Å². The number of primary amides is 1. The molecule has 3 amide bonds. The van der Waals surface area contributed by atoms with Crippen molar-refractivity contribution in [1.82, 2.24) is 4.90 Å². The van der Waals surface area contributed by atoms with Crippen LogP contribution >= 0.6 is 0 Å². The molecule has 0 aliphatic carbocycles. The molecule has 0 heterocycles. The first-order valence-corrected chi connectivity index (χ1v) is 8.95. The molecule has 0 fully saturated rings. The van der Waals surface area contributed by atoms with E-state index in [0.29, 0.717) is 18.8 Å². The fourth-order valence-corrected chi connectivity index (χ4v) is 2.78. The van der Waals surface area contributed by atoms with Crippen molar-refractivity contribution in [2.75, 3.05) is 25.5 Å². The summed E-state index contributed by atoms with van der Waals surface area (Å²) < 4.78 is 5.87. The Kier molecular flexibility index (Phi) is 7.23. The molecule has 0 aliphatic heterocycles. The molecule has 0 spiro atoms. The largest absolute Gasteiger partial charge is 0.493 e. The van der Waals surface area contributed by atoms with Gasteiger partial charge in [0.05, 0.1) is 13.0 Å². The minimum absolute atomic E-state index is 0.148. The summed E-state index contributed by atoms with van der Waals surface area (Å²) in [5.74, 6) is 0.510. The number of carbonyl (C=O) groups excluding carboxylic acids is 2. The van der Waals surface area contributed by atoms with Crippen LogP contribution in [0.4, 0.5) is 10.5 Å². The number of hydrogen-bond donors (Lipinski definition) is 2.